The van der Waals surface area contributed by atoms with Crippen molar-refractivity contribution in [1.29, 1.82) is 0 Å². The second-order valence-electron chi connectivity index (χ2n) is 4.72. The molecular formula is C16H13Cl2NO5. The van der Waals surface area contributed by atoms with Gasteiger partial charge in [-0.05, 0) is 30.7 Å². The molecule has 0 fully saturated rings. The third kappa shape index (κ3) is 4.59. The van der Waals surface area contributed by atoms with E-state index in [2.05, 4.69) is 0 Å². The van der Waals surface area contributed by atoms with Crippen LogP contribution in [0.4, 0.5) is 5.69 Å². The molecule has 0 saturated carbocycles. The first kappa shape index (κ1) is 18.0. The number of carbonyl (C=O) groups excluding carboxylic acids is 1. The number of carbonyl (C=O) groups is 1. The van der Waals surface area contributed by atoms with E-state index < -0.39 is 4.92 Å². The molecule has 24 heavy (non-hydrogen) atoms. The van der Waals surface area contributed by atoms with E-state index >= 15 is 0 Å². The first-order valence-electron chi connectivity index (χ1n) is 6.96. The van der Waals surface area contributed by atoms with Crippen LogP contribution in [0.5, 0.6) is 11.5 Å². The smallest absolute Gasteiger partial charge is 0.310 e. The molecule has 0 aliphatic rings. The number of non-ortho nitro benzene ring substituents is 1. The molecule has 0 atom stereocenters. The minimum Gasteiger partial charge on any atom is -0.466 e. The van der Waals surface area contributed by atoms with Crippen molar-refractivity contribution in [1.82, 2.24) is 0 Å². The highest BCUT2D eigenvalue weighted by Gasteiger charge is 2.13. The van der Waals surface area contributed by atoms with E-state index in [1.165, 1.54) is 18.2 Å². The maximum absolute atomic E-state index is 11.5. The molecule has 0 aliphatic carbocycles. The Morgan fingerprint density at radius 3 is 2.29 bits per heavy atom. The predicted octanol–water partition coefficient (Wildman–Crippen LogP) is 4.80. The van der Waals surface area contributed by atoms with E-state index in [4.69, 9.17) is 32.7 Å². The monoisotopic (exact) mass is 369 g/mol. The van der Waals surface area contributed by atoms with Crippen molar-refractivity contribution < 1.29 is 19.2 Å². The van der Waals surface area contributed by atoms with Crippen LogP contribution in [-0.2, 0) is 16.0 Å². The van der Waals surface area contributed by atoms with Gasteiger partial charge >= 0.3 is 5.97 Å². The number of nitrogens with zero attached hydrogens (tertiary/aromatic N) is 1. The second-order valence-corrected chi connectivity index (χ2v) is 5.53. The Kier molecular flexibility index (Phi) is 6.00. The summed E-state index contributed by atoms with van der Waals surface area (Å²) in [5.74, 6) is 0.211. The van der Waals surface area contributed by atoms with Crippen LogP contribution in [0.25, 0.3) is 0 Å². The largest absolute Gasteiger partial charge is 0.466 e. The molecule has 0 amide bonds. The predicted molar refractivity (Wildman–Crippen MR) is 90.0 cm³/mol. The van der Waals surface area contributed by atoms with Crippen molar-refractivity contribution >= 4 is 34.9 Å². The Hall–Kier alpha value is -2.31. The summed E-state index contributed by atoms with van der Waals surface area (Å²) in [6.45, 7) is 2.04. The van der Waals surface area contributed by atoms with Crippen LogP contribution < -0.4 is 4.74 Å². The SMILES string of the molecule is CCOC(=O)Cc1ccc(Oc2ccc([N+](=O)[O-])cc2Cl)c(Cl)c1. The molecular weight excluding hydrogens is 357 g/mol. The van der Waals surface area contributed by atoms with Crippen molar-refractivity contribution in [3.05, 3.63) is 62.1 Å². The molecule has 2 aromatic rings. The van der Waals surface area contributed by atoms with Crippen molar-refractivity contribution in [2.45, 2.75) is 13.3 Å². The average molecular weight is 370 g/mol. The molecule has 0 aliphatic heterocycles. The summed E-state index contributed by atoms with van der Waals surface area (Å²) in [5.41, 5.74) is 0.545. The van der Waals surface area contributed by atoms with Crippen molar-refractivity contribution in [3.8, 4) is 11.5 Å². The summed E-state index contributed by atoms with van der Waals surface area (Å²) >= 11 is 12.1. The maximum Gasteiger partial charge on any atom is 0.310 e. The summed E-state index contributed by atoms with van der Waals surface area (Å²) in [4.78, 5) is 21.6. The standard InChI is InChI=1S/C16H13Cl2NO5/c1-2-23-16(20)8-10-3-5-14(12(17)7-10)24-15-6-4-11(19(21)22)9-13(15)18/h3-7,9H,2,8H2,1H3. The van der Waals surface area contributed by atoms with E-state index in [1.54, 1.807) is 25.1 Å². The lowest BCUT2D eigenvalue weighted by molar-refractivity contribution is -0.384. The lowest BCUT2D eigenvalue weighted by Gasteiger charge is -2.10. The zero-order valence-electron chi connectivity index (χ0n) is 12.6. The van der Waals surface area contributed by atoms with Crippen LogP contribution >= 0.6 is 23.2 Å². The minimum absolute atomic E-state index is 0.0934. The Morgan fingerprint density at radius 1 is 1.12 bits per heavy atom. The number of hydrogen-bond donors (Lipinski definition) is 0. The molecule has 0 aromatic heterocycles. The molecule has 0 N–H and O–H groups in total. The molecule has 126 valence electrons. The van der Waals surface area contributed by atoms with Crippen molar-refractivity contribution in [2.75, 3.05) is 6.61 Å². The number of nitro groups is 1. The van der Waals surface area contributed by atoms with E-state index in [0.717, 1.165) is 0 Å². The molecule has 8 heteroatoms. The maximum atomic E-state index is 11.5. The number of ether oxygens (including phenoxy) is 2. The molecule has 6 nitrogen and oxygen atoms in total. The number of benzene rings is 2. The van der Waals surface area contributed by atoms with Crippen LogP contribution in [0.3, 0.4) is 0 Å². The topological polar surface area (TPSA) is 78.7 Å². The minimum atomic E-state index is -0.549. The molecule has 0 unspecified atom stereocenters. The number of esters is 1. The van der Waals surface area contributed by atoms with Crippen LogP contribution in [0, 0.1) is 10.1 Å². The van der Waals surface area contributed by atoms with E-state index in [0.29, 0.717) is 17.9 Å². The van der Waals surface area contributed by atoms with Crippen molar-refractivity contribution in [2.24, 2.45) is 0 Å². The van der Waals surface area contributed by atoms with E-state index in [-0.39, 0.29) is 33.9 Å². The molecule has 0 spiro atoms. The van der Waals surface area contributed by atoms with Gasteiger partial charge in [0.15, 0.2) is 0 Å². The van der Waals surface area contributed by atoms with Crippen LogP contribution in [0.15, 0.2) is 36.4 Å². The Bertz CT molecular complexity index is 779. The summed E-state index contributed by atoms with van der Waals surface area (Å²) < 4.78 is 10.5. The van der Waals surface area contributed by atoms with Gasteiger partial charge in [-0.1, -0.05) is 29.3 Å². The average Bonchev–Trinajstić information content (AvgIpc) is 2.51. The number of halogens is 2. The fraction of sp³-hybridized carbons (Fsp3) is 0.188. The molecule has 0 heterocycles. The number of nitro benzene ring substituents is 1. The molecule has 2 rings (SSSR count). The Balaban J connectivity index is 2.16. The summed E-state index contributed by atoms with van der Waals surface area (Å²) in [7, 11) is 0. The highest BCUT2D eigenvalue weighted by molar-refractivity contribution is 6.33. The van der Waals surface area contributed by atoms with Gasteiger partial charge in [0.1, 0.15) is 11.5 Å². The lowest BCUT2D eigenvalue weighted by atomic mass is 10.1. The Morgan fingerprint density at radius 2 is 1.75 bits per heavy atom. The van der Waals surface area contributed by atoms with Crippen LogP contribution in [0.1, 0.15) is 12.5 Å². The first-order chi connectivity index (χ1) is 11.4. The summed E-state index contributed by atoms with van der Waals surface area (Å²) in [6, 6.07) is 8.73. The van der Waals surface area contributed by atoms with Crippen molar-refractivity contribution in [3.63, 3.8) is 0 Å². The molecule has 0 saturated heterocycles. The van der Waals surface area contributed by atoms with Gasteiger partial charge in [0.05, 0.1) is 28.0 Å². The van der Waals surface area contributed by atoms with E-state index in [9.17, 15) is 14.9 Å². The highest BCUT2D eigenvalue weighted by atomic mass is 35.5. The summed E-state index contributed by atoms with van der Waals surface area (Å²) in [5, 5.41) is 11.1. The highest BCUT2D eigenvalue weighted by Crippen LogP contribution is 2.35. The molecule has 2 aromatic carbocycles. The normalized spacial score (nSPS) is 10.3. The lowest BCUT2D eigenvalue weighted by Crippen LogP contribution is -2.07. The fourth-order valence-electron chi connectivity index (χ4n) is 1.92. The molecule has 0 radical (unpaired) electrons. The van der Waals surface area contributed by atoms with Gasteiger partial charge in [-0.2, -0.15) is 0 Å². The first-order valence-corrected chi connectivity index (χ1v) is 7.72. The van der Waals surface area contributed by atoms with Crippen LogP contribution in [-0.4, -0.2) is 17.5 Å². The van der Waals surface area contributed by atoms with Gasteiger partial charge in [-0.15, -0.1) is 0 Å². The van der Waals surface area contributed by atoms with E-state index in [1.807, 2.05) is 0 Å². The van der Waals surface area contributed by atoms with Gasteiger partial charge in [-0.25, -0.2) is 0 Å². The third-order valence-electron chi connectivity index (χ3n) is 3.00. The summed E-state index contributed by atoms with van der Waals surface area (Å²) in [6.07, 6.45) is 0.103. The third-order valence-corrected chi connectivity index (χ3v) is 3.59. The zero-order valence-corrected chi connectivity index (χ0v) is 14.1. The van der Waals surface area contributed by atoms with Gasteiger partial charge in [0, 0.05) is 12.1 Å². The van der Waals surface area contributed by atoms with Crippen LogP contribution in [0.2, 0.25) is 10.0 Å². The van der Waals surface area contributed by atoms with Gasteiger partial charge in [-0.3, -0.25) is 14.9 Å². The van der Waals surface area contributed by atoms with Gasteiger partial charge in [0.2, 0.25) is 0 Å². The number of rotatable bonds is 6. The molecule has 0 bridgehead atoms. The zero-order chi connectivity index (χ0) is 17.7. The Labute approximate surface area is 148 Å². The second kappa shape index (κ2) is 7.99. The van der Waals surface area contributed by atoms with Gasteiger partial charge < -0.3 is 9.47 Å². The number of hydrogen-bond acceptors (Lipinski definition) is 5. The van der Waals surface area contributed by atoms with Gasteiger partial charge in [0.25, 0.3) is 5.69 Å². The quantitative estimate of drug-likeness (QED) is 0.415. The fourth-order valence-corrected chi connectivity index (χ4v) is 2.38.